The number of hydrogen-bond donors (Lipinski definition) is 1. The van der Waals surface area contributed by atoms with Crippen LogP contribution in [-0.2, 0) is 0 Å². The monoisotopic (exact) mass is 186 g/mol. The lowest BCUT2D eigenvalue weighted by atomic mass is 10.0. The van der Waals surface area contributed by atoms with Crippen molar-refractivity contribution in [3.8, 4) is 0 Å². The van der Waals surface area contributed by atoms with Crippen LogP contribution >= 0.6 is 0 Å². The van der Waals surface area contributed by atoms with Crippen LogP contribution in [-0.4, -0.2) is 31.2 Å². The maximum atomic E-state index is 3.52. The zero-order valence-corrected chi connectivity index (χ0v) is 9.77. The predicted molar refractivity (Wildman–Crippen MR) is 59.9 cm³/mol. The van der Waals surface area contributed by atoms with Crippen molar-refractivity contribution in [2.45, 2.75) is 40.5 Å². The van der Waals surface area contributed by atoms with Gasteiger partial charge in [0, 0.05) is 6.67 Å². The molecule has 80 valence electrons. The zero-order chi connectivity index (χ0) is 10.1. The van der Waals surface area contributed by atoms with Crippen LogP contribution in [0, 0.1) is 5.92 Å². The molecule has 13 heavy (non-hydrogen) atoms. The van der Waals surface area contributed by atoms with Crippen molar-refractivity contribution >= 4 is 0 Å². The van der Waals surface area contributed by atoms with Gasteiger partial charge in [-0.3, -0.25) is 4.90 Å². The number of hydrogen-bond acceptors (Lipinski definition) is 2. The molecule has 0 atom stereocenters. The highest BCUT2D eigenvalue weighted by molar-refractivity contribution is 4.59. The molecule has 0 fully saturated rings. The summed E-state index contributed by atoms with van der Waals surface area (Å²) in [5.41, 5.74) is 0. The van der Waals surface area contributed by atoms with E-state index >= 15 is 0 Å². The molecule has 0 bridgehead atoms. The van der Waals surface area contributed by atoms with E-state index in [-0.39, 0.29) is 0 Å². The molecular formula is C11H26N2. The van der Waals surface area contributed by atoms with Crippen LogP contribution in [0.2, 0.25) is 0 Å². The molecule has 0 spiro atoms. The van der Waals surface area contributed by atoms with Crippen LogP contribution in [0.3, 0.4) is 0 Å². The van der Waals surface area contributed by atoms with Gasteiger partial charge in [-0.15, -0.1) is 0 Å². The summed E-state index contributed by atoms with van der Waals surface area (Å²) < 4.78 is 0. The second-order valence-electron chi connectivity index (χ2n) is 3.60. The van der Waals surface area contributed by atoms with Crippen LogP contribution in [0.4, 0.5) is 0 Å². The average molecular weight is 186 g/mol. The highest BCUT2D eigenvalue weighted by Gasteiger charge is 2.03. The fraction of sp³-hybridized carbons (Fsp3) is 1.00. The lowest BCUT2D eigenvalue weighted by molar-refractivity contribution is 0.267. The van der Waals surface area contributed by atoms with Gasteiger partial charge in [-0.05, 0) is 25.6 Å². The smallest absolute Gasteiger partial charge is 0.0480 e. The van der Waals surface area contributed by atoms with E-state index in [2.05, 4.69) is 37.9 Å². The van der Waals surface area contributed by atoms with E-state index in [0.717, 1.165) is 25.7 Å². The van der Waals surface area contributed by atoms with Gasteiger partial charge >= 0.3 is 0 Å². The molecule has 0 aromatic carbocycles. The summed E-state index contributed by atoms with van der Waals surface area (Å²) in [7, 11) is 0. The van der Waals surface area contributed by atoms with E-state index in [1.54, 1.807) is 0 Å². The van der Waals surface area contributed by atoms with Crippen molar-refractivity contribution in [2.75, 3.05) is 26.3 Å². The molecule has 0 aliphatic heterocycles. The molecule has 2 nitrogen and oxygen atoms in total. The molecular weight excluding hydrogens is 160 g/mol. The standard InChI is InChI=1S/C11H26N2/c1-5-11(6-2)9-12-10-13(7-3)8-4/h11-12H,5-10H2,1-4H3. The summed E-state index contributed by atoms with van der Waals surface area (Å²) in [6.45, 7) is 13.5. The molecule has 0 aromatic rings. The molecule has 0 aliphatic rings. The molecule has 0 aliphatic carbocycles. The van der Waals surface area contributed by atoms with E-state index < -0.39 is 0 Å². The molecule has 0 rings (SSSR count). The molecule has 0 saturated heterocycles. The molecule has 2 heteroatoms. The number of nitrogens with one attached hydrogen (secondary N) is 1. The Labute approximate surface area is 83.7 Å². The minimum Gasteiger partial charge on any atom is -0.304 e. The maximum absolute atomic E-state index is 3.52. The predicted octanol–water partition coefficient (Wildman–Crippen LogP) is 2.31. The van der Waals surface area contributed by atoms with Crippen LogP contribution in [0.5, 0.6) is 0 Å². The summed E-state index contributed by atoms with van der Waals surface area (Å²) in [6, 6.07) is 0. The van der Waals surface area contributed by atoms with Crippen LogP contribution in [0.15, 0.2) is 0 Å². The van der Waals surface area contributed by atoms with E-state index in [4.69, 9.17) is 0 Å². The van der Waals surface area contributed by atoms with E-state index in [0.29, 0.717) is 0 Å². The topological polar surface area (TPSA) is 15.3 Å². The Balaban J connectivity index is 3.41. The van der Waals surface area contributed by atoms with Crippen molar-refractivity contribution in [2.24, 2.45) is 5.92 Å². The quantitative estimate of drug-likeness (QED) is 0.585. The van der Waals surface area contributed by atoms with Crippen molar-refractivity contribution < 1.29 is 0 Å². The average Bonchev–Trinajstić information content (AvgIpc) is 2.19. The molecule has 1 N–H and O–H groups in total. The largest absolute Gasteiger partial charge is 0.304 e. The second kappa shape index (κ2) is 8.52. The minimum atomic E-state index is 0.857. The SMILES string of the molecule is CCC(CC)CNCN(CC)CC. The Bertz CT molecular complexity index is 84.3. The van der Waals surface area contributed by atoms with Gasteiger partial charge in [-0.2, -0.15) is 0 Å². The van der Waals surface area contributed by atoms with E-state index in [9.17, 15) is 0 Å². The Morgan fingerprint density at radius 1 is 1.00 bits per heavy atom. The first kappa shape index (κ1) is 12.9. The summed E-state index contributed by atoms with van der Waals surface area (Å²) in [5, 5.41) is 3.52. The molecule has 0 heterocycles. The van der Waals surface area contributed by atoms with Gasteiger partial charge in [0.15, 0.2) is 0 Å². The normalized spacial score (nSPS) is 11.5. The van der Waals surface area contributed by atoms with Gasteiger partial charge in [0.2, 0.25) is 0 Å². The van der Waals surface area contributed by atoms with Crippen molar-refractivity contribution in [1.29, 1.82) is 0 Å². The lowest BCUT2D eigenvalue weighted by Crippen LogP contribution is -2.36. The summed E-state index contributed by atoms with van der Waals surface area (Å²) in [5.74, 6) is 0.857. The van der Waals surface area contributed by atoms with Crippen LogP contribution in [0.25, 0.3) is 0 Å². The van der Waals surface area contributed by atoms with Gasteiger partial charge in [0.1, 0.15) is 0 Å². The molecule has 0 radical (unpaired) electrons. The fourth-order valence-electron chi connectivity index (χ4n) is 1.45. The fourth-order valence-corrected chi connectivity index (χ4v) is 1.45. The third-order valence-electron chi connectivity index (χ3n) is 2.82. The Hall–Kier alpha value is -0.0800. The van der Waals surface area contributed by atoms with Gasteiger partial charge in [0.25, 0.3) is 0 Å². The number of nitrogens with zero attached hydrogens (tertiary/aromatic N) is 1. The summed E-state index contributed by atoms with van der Waals surface area (Å²) >= 11 is 0. The Morgan fingerprint density at radius 2 is 1.54 bits per heavy atom. The first-order valence-electron chi connectivity index (χ1n) is 5.71. The van der Waals surface area contributed by atoms with Gasteiger partial charge in [-0.1, -0.05) is 40.5 Å². The Kier molecular flexibility index (Phi) is 8.46. The first-order chi connectivity index (χ1) is 6.28. The third-order valence-corrected chi connectivity index (χ3v) is 2.82. The van der Waals surface area contributed by atoms with Gasteiger partial charge < -0.3 is 5.32 Å². The molecule has 0 saturated carbocycles. The first-order valence-corrected chi connectivity index (χ1v) is 5.71. The lowest BCUT2D eigenvalue weighted by Gasteiger charge is -2.20. The molecule has 0 unspecified atom stereocenters. The van der Waals surface area contributed by atoms with E-state index in [1.165, 1.54) is 19.4 Å². The molecule has 0 aromatic heterocycles. The van der Waals surface area contributed by atoms with E-state index in [1.807, 2.05) is 0 Å². The Morgan fingerprint density at radius 3 is 1.92 bits per heavy atom. The maximum Gasteiger partial charge on any atom is 0.0480 e. The van der Waals surface area contributed by atoms with Crippen LogP contribution < -0.4 is 5.32 Å². The highest BCUT2D eigenvalue weighted by Crippen LogP contribution is 2.04. The van der Waals surface area contributed by atoms with Gasteiger partial charge in [0.05, 0.1) is 0 Å². The van der Waals surface area contributed by atoms with Gasteiger partial charge in [-0.25, -0.2) is 0 Å². The highest BCUT2D eigenvalue weighted by atomic mass is 15.2. The van der Waals surface area contributed by atoms with Crippen molar-refractivity contribution in [3.63, 3.8) is 0 Å². The number of rotatable bonds is 8. The molecule has 0 amide bonds. The minimum absolute atomic E-state index is 0.857. The summed E-state index contributed by atoms with van der Waals surface area (Å²) in [4.78, 5) is 2.41. The van der Waals surface area contributed by atoms with Crippen molar-refractivity contribution in [3.05, 3.63) is 0 Å². The van der Waals surface area contributed by atoms with Crippen molar-refractivity contribution in [1.82, 2.24) is 10.2 Å². The zero-order valence-electron chi connectivity index (χ0n) is 9.77. The second-order valence-corrected chi connectivity index (χ2v) is 3.60. The third kappa shape index (κ3) is 6.05. The van der Waals surface area contributed by atoms with Crippen LogP contribution in [0.1, 0.15) is 40.5 Å². The summed E-state index contributed by atoms with van der Waals surface area (Å²) in [6.07, 6.45) is 2.59.